The van der Waals surface area contributed by atoms with Crippen molar-refractivity contribution >= 4 is 5.91 Å². The summed E-state index contributed by atoms with van der Waals surface area (Å²) in [6, 6.07) is 0. The number of nitrogens with zero attached hydrogens (tertiary/aromatic N) is 1. The van der Waals surface area contributed by atoms with Crippen molar-refractivity contribution < 1.29 is 9.90 Å². The van der Waals surface area contributed by atoms with Crippen LogP contribution in [0.2, 0.25) is 0 Å². The van der Waals surface area contributed by atoms with Crippen molar-refractivity contribution in [3.63, 3.8) is 0 Å². The van der Waals surface area contributed by atoms with Gasteiger partial charge in [0, 0.05) is 25.6 Å². The summed E-state index contributed by atoms with van der Waals surface area (Å²) in [5, 5.41) is 9.85. The molecule has 2 atom stereocenters. The number of aliphatic hydroxyl groups is 1. The smallest absolute Gasteiger partial charge is 0.223 e. The number of hydrogen-bond donors (Lipinski definition) is 1. The SMILES string of the molecule is C=C1CCC(O)[C@H](C(=C)N(C)C(C)=O)C1. The van der Waals surface area contributed by atoms with Crippen LogP contribution in [0.1, 0.15) is 26.2 Å². The summed E-state index contributed by atoms with van der Waals surface area (Å²) in [5.41, 5.74) is 1.82. The Morgan fingerprint density at radius 3 is 2.73 bits per heavy atom. The highest BCUT2D eigenvalue weighted by Crippen LogP contribution is 2.33. The average Bonchev–Trinajstić information content (AvgIpc) is 2.19. The van der Waals surface area contributed by atoms with Gasteiger partial charge in [-0.25, -0.2) is 0 Å². The molecule has 0 saturated heterocycles. The minimum absolute atomic E-state index is 0.0524. The van der Waals surface area contributed by atoms with Crippen LogP contribution in [0.4, 0.5) is 0 Å². The third kappa shape index (κ3) is 2.69. The zero-order valence-electron chi connectivity index (χ0n) is 9.49. The number of rotatable bonds is 2. The molecule has 84 valence electrons. The van der Waals surface area contributed by atoms with Gasteiger partial charge in [0.15, 0.2) is 0 Å². The molecule has 0 spiro atoms. The van der Waals surface area contributed by atoms with Crippen LogP contribution in [-0.4, -0.2) is 29.1 Å². The molecule has 1 saturated carbocycles. The standard InChI is InChI=1S/C12H19NO2/c1-8-5-6-12(15)11(7-8)9(2)13(4)10(3)14/h11-12,15H,1-2,5-7H2,3-4H3/t11-,12?/m0/s1. The van der Waals surface area contributed by atoms with E-state index in [-0.39, 0.29) is 11.8 Å². The topological polar surface area (TPSA) is 40.5 Å². The van der Waals surface area contributed by atoms with Gasteiger partial charge in [0.05, 0.1) is 6.10 Å². The Morgan fingerprint density at radius 2 is 2.20 bits per heavy atom. The Labute approximate surface area is 91.1 Å². The molecular formula is C12H19NO2. The van der Waals surface area contributed by atoms with Crippen molar-refractivity contribution in [2.45, 2.75) is 32.3 Å². The second-order valence-corrected chi connectivity index (χ2v) is 4.24. The molecule has 1 aliphatic rings. The first-order valence-corrected chi connectivity index (χ1v) is 5.21. The minimum Gasteiger partial charge on any atom is -0.392 e. The Morgan fingerprint density at radius 1 is 1.60 bits per heavy atom. The molecule has 15 heavy (non-hydrogen) atoms. The second kappa shape index (κ2) is 4.62. The monoisotopic (exact) mass is 209 g/mol. The summed E-state index contributed by atoms with van der Waals surface area (Å²) in [6.45, 7) is 9.31. The lowest BCUT2D eigenvalue weighted by molar-refractivity contribution is -0.126. The van der Waals surface area contributed by atoms with E-state index in [1.54, 1.807) is 7.05 Å². The lowest BCUT2D eigenvalue weighted by Crippen LogP contribution is -2.35. The van der Waals surface area contributed by atoms with Crippen molar-refractivity contribution in [2.75, 3.05) is 7.05 Å². The zero-order valence-corrected chi connectivity index (χ0v) is 9.49. The largest absolute Gasteiger partial charge is 0.392 e. The molecule has 0 aromatic heterocycles. The maximum atomic E-state index is 11.2. The molecule has 1 rings (SSSR count). The van der Waals surface area contributed by atoms with Crippen molar-refractivity contribution in [1.82, 2.24) is 4.90 Å². The number of carbonyl (C=O) groups is 1. The fraction of sp³-hybridized carbons (Fsp3) is 0.583. The average molecular weight is 209 g/mol. The van der Waals surface area contributed by atoms with Gasteiger partial charge in [-0.1, -0.05) is 18.7 Å². The number of carbonyl (C=O) groups excluding carboxylic acids is 1. The van der Waals surface area contributed by atoms with Crippen LogP contribution in [0.25, 0.3) is 0 Å². The molecule has 1 aliphatic carbocycles. The molecule has 3 heteroatoms. The summed E-state index contributed by atoms with van der Waals surface area (Å²) in [5.74, 6) is -0.108. The van der Waals surface area contributed by atoms with Crippen LogP contribution in [-0.2, 0) is 4.79 Å². The summed E-state index contributed by atoms with van der Waals surface area (Å²) in [7, 11) is 1.69. The van der Waals surface area contributed by atoms with Gasteiger partial charge < -0.3 is 10.0 Å². The number of allylic oxidation sites excluding steroid dienone is 1. The number of amides is 1. The highest BCUT2D eigenvalue weighted by atomic mass is 16.3. The lowest BCUT2D eigenvalue weighted by Gasteiger charge is -2.33. The molecule has 0 aromatic carbocycles. The van der Waals surface area contributed by atoms with Crippen molar-refractivity contribution in [3.05, 3.63) is 24.4 Å². The maximum Gasteiger partial charge on any atom is 0.223 e. The van der Waals surface area contributed by atoms with Gasteiger partial charge >= 0.3 is 0 Å². The molecule has 3 nitrogen and oxygen atoms in total. The van der Waals surface area contributed by atoms with E-state index in [9.17, 15) is 9.90 Å². The van der Waals surface area contributed by atoms with Crippen LogP contribution >= 0.6 is 0 Å². The highest BCUT2D eigenvalue weighted by molar-refractivity contribution is 5.74. The van der Waals surface area contributed by atoms with Gasteiger partial charge in [-0.2, -0.15) is 0 Å². The van der Waals surface area contributed by atoms with Crippen LogP contribution in [0.3, 0.4) is 0 Å². The van der Waals surface area contributed by atoms with Crippen molar-refractivity contribution in [3.8, 4) is 0 Å². The molecule has 1 unspecified atom stereocenters. The number of aliphatic hydroxyl groups excluding tert-OH is 1. The molecule has 1 fully saturated rings. The van der Waals surface area contributed by atoms with E-state index < -0.39 is 6.10 Å². The Hall–Kier alpha value is -1.09. The highest BCUT2D eigenvalue weighted by Gasteiger charge is 2.29. The molecule has 0 aliphatic heterocycles. The van der Waals surface area contributed by atoms with Gasteiger partial charge in [-0.05, 0) is 19.3 Å². The van der Waals surface area contributed by atoms with Gasteiger partial charge in [-0.3, -0.25) is 4.79 Å². The predicted molar refractivity (Wildman–Crippen MR) is 60.1 cm³/mol. The van der Waals surface area contributed by atoms with E-state index >= 15 is 0 Å². The van der Waals surface area contributed by atoms with Crippen LogP contribution in [0, 0.1) is 5.92 Å². The fourth-order valence-corrected chi connectivity index (χ4v) is 1.89. The van der Waals surface area contributed by atoms with Gasteiger partial charge in [-0.15, -0.1) is 0 Å². The summed E-state index contributed by atoms with van der Waals surface area (Å²) >= 11 is 0. The Kier molecular flexibility index (Phi) is 3.69. The van der Waals surface area contributed by atoms with Crippen molar-refractivity contribution in [1.29, 1.82) is 0 Å². The first-order chi connectivity index (χ1) is 6.93. The third-order valence-corrected chi connectivity index (χ3v) is 3.10. The summed E-state index contributed by atoms with van der Waals surface area (Å²) in [6.07, 6.45) is 1.92. The fourth-order valence-electron chi connectivity index (χ4n) is 1.89. The quantitative estimate of drug-likeness (QED) is 0.703. The molecule has 0 bridgehead atoms. The van der Waals surface area contributed by atoms with Crippen LogP contribution in [0.5, 0.6) is 0 Å². The molecule has 0 radical (unpaired) electrons. The van der Waals surface area contributed by atoms with Crippen LogP contribution in [0.15, 0.2) is 24.4 Å². The maximum absolute atomic E-state index is 11.2. The second-order valence-electron chi connectivity index (χ2n) is 4.24. The van der Waals surface area contributed by atoms with Crippen LogP contribution < -0.4 is 0 Å². The first kappa shape index (κ1) is 12.0. The minimum atomic E-state index is -0.398. The molecule has 0 heterocycles. The van der Waals surface area contributed by atoms with Gasteiger partial charge in [0.2, 0.25) is 5.91 Å². The Balaban J connectivity index is 2.72. The van der Waals surface area contributed by atoms with E-state index in [0.29, 0.717) is 12.1 Å². The molecule has 0 aromatic rings. The van der Waals surface area contributed by atoms with E-state index in [1.807, 2.05) is 0 Å². The summed E-state index contributed by atoms with van der Waals surface area (Å²) < 4.78 is 0. The van der Waals surface area contributed by atoms with E-state index in [2.05, 4.69) is 13.2 Å². The van der Waals surface area contributed by atoms with Gasteiger partial charge in [0.1, 0.15) is 0 Å². The predicted octanol–water partition coefficient (Wildman–Crippen LogP) is 1.70. The molecular weight excluding hydrogens is 190 g/mol. The molecule has 1 N–H and O–H groups in total. The molecule has 1 amide bonds. The number of hydrogen-bond acceptors (Lipinski definition) is 2. The van der Waals surface area contributed by atoms with E-state index in [0.717, 1.165) is 18.4 Å². The first-order valence-electron chi connectivity index (χ1n) is 5.21. The lowest BCUT2D eigenvalue weighted by atomic mass is 9.82. The van der Waals surface area contributed by atoms with Gasteiger partial charge in [0.25, 0.3) is 0 Å². The van der Waals surface area contributed by atoms with Crippen molar-refractivity contribution in [2.24, 2.45) is 5.92 Å². The van der Waals surface area contributed by atoms with E-state index in [4.69, 9.17) is 0 Å². The normalized spacial score (nSPS) is 26.2. The van der Waals surface area contributed by atoms with E-state index in [1.165, 1.54) is 11.8 Å². The third-order valence-electron chi connectivity index (χ3n) is 3.10. The summed E-state index contributed by atoms with van der Waals surface area (Å²) in [4.78, 5) is 12.7. The Bertz CT molecular complexity index is 296. The zero-order chi connectivity index (χ0) is 11.6.